The van der Waals surface area contributed by atoms with Crippen molar-refractivity contribution < 1.29 is 13.5 Å². The highest BCUT2D eigenvalue weighted by atomic mass is 79.9. The van der Waals surface area contributed by atoms with Crippen LogP contribution in [0.3, 0.4) is 0 Å². The third-order valence-electron chi connectivity index (χ3n) is 3.06. The van der Waals surface area contributed by atoms with Crippen LogP contribution in [0.5, 0.6) is 5.75 Å². The molecule has 0 saturated heterocycles. The lowest BCUT2D eigenvalue weighted by molar-refractivity contribution is 0.410. The normalized spacial score (nSPS) is 12.3. The first-order valence-corrected chi connectivity index (χ1v) is 7.09. The molecule has 0 radical (unpaired) electrons. The molecule has 0 aromatic heterocycles. The number of hydrazine groups is 1. The summed E-state index contributed by atoms with van der Waals surface area (Å²) < 4.78 is 33.7. The Morgan fingerprint density at radius 1 is 1.24 bits per heavy atom. The van der Waals surface area contributed by atoms with Gasteiger partial charge >= 0.3 is 0 Å². The summed E-state index contributed by atoms with van der Waals surface area (Å²) in [7, 11) is 1.43. The van der Waals surface area contributed by atoms with Gasteiger partial charge in [-0.05, 0) is 28.1 Å². The molecule has 3 N–H and O–H groups in total. The molecule has 3 nitrogen and oxygen atoms in total. The maximum atomic E-state index is 14.3. The molecule has 7 heteroatoms. The van der Waals surface area contributed by atoms with Crippen LogP contribution >= 0.6 is 27.5 Å². The number of methoxy groups -OCH3 is 1. The molecule has 0 aliphatic rings. The number of ether oxygens (including phenoxy) is 1. The molecule has 112 valence electrons. The molecule has 1 unspecified atom stereocenters. The summed E-state index contributed by atoms with van der Waals surface area (Å²) in [5.74, 6) is 4.60. The molecule has 0 amide bonds. The van der Waals surface area contributed by atoms with E-state index in [9.17, 15) is 8.78 Å². The molecule has 0 saturated carbocycles. The van der Waals surface area contributed by atoms with Gasteiger partial charge in [-0.2, -0.15) is 0 Å². The average molecular weight is 378 g/mol. The zero-order valence-corrected chi connectivity index (χ0v) is 13.3. The van der Waals surface area contributed by atoms with Crippen LogP contribution in [0.25, 0.3) is 0 Å². The lowest BCUT2D eigenvalue weighted by Crippen LogP contribution is -2.30. The summed E-state index contributed by atoms with van der Waals surface area (Å²) in [4.78, 5) is 0. The van der Waals surface area contributed by atoms with Crippen molar-refractivity contribution in [3.8, 4) is 5.75 Å². The SMILES string of the molecule is COc1ccc(C(NN)c2ccc(Br)c(Cl)c2F)c(F)c1. The molecule has 0 bridgehead atoms. The van der Waals surface area contributed by atoms with Gasteiger partial charge in [-0.25, -0.2) is 14.2 Å². The molecule has 21 heavy (non-hydrogen) atoms. The molecule has 0 spiro atoms. The molecule has 2 aromatic carbocycles. The van der Waals surface area contributed by atoms with Crippen molar-refractivity contribution >= 4 is 27.5 Å². The number of nitrogens with two attached hydrogens (primary N) is 1. The fraction of sp³-hybridized carbons (Fsp3) is 0.143. The van der Waals surface area contributed by atoms with Crippen LogP contribution in [0.15, 0.2) is 34.8 Å². The third kappa shape index (κ3) is 3.18. The topological polar surface area (TPSA) is 47.3 Å². The molecule has 0 heterocycles. The van der Waals surface area contributed by atoms with Crippen LogP contribution in [-0.2, 0) is 0 Å². The van der Waals surface area contributed by atoms with Crippen molar-refractivity contribution in [2.45, 2.75) is 6.04 Å². The number of benzene rings is 2. The standard InChI is InChI=1S/C14H12BrClF2N2O/c1-21-7-2-3-8(11(17)6-7)14(20-19)9-4-5-10(15)12(16)13(9)18/h2-6,14,20H,19H2,1H3. The smallest absolute Gasteiger partial charge is 0.148 e. The number of nitrogens with one attached hydrogen (secondary N) is 1. The second kappa shape index (κ2) is 6.70. The Bertz CT molecular complexity index is 670. The van der Waals surface area contributed by atoms with Gasteiger partial charge in [-0.1, -0.05) is 23.7 Å². The second-order valence-corrected chi connectivity index (χ2v) is 5.48. The zero-order chi connectivity index (χ0) is 15.6. The van der Waals surface area contributed by atoms with E-state index in [1.165, 1.54) is 25.3 Å². The molecular formula is C14H12BrClF2N2O. The van der Waals surface area contributed by atoms with Crippen molar-refractivity contribution in [1.82, 2.24) is 5.43 Å². The highest BCUT2D eigenvalue weighted by molar-refractivity contribution is 9.10. The first-order chi connectivity index (χ1) is 9.99. The summed E-state index contributed by atoms with van der Waals surface area (Å²) in [5.41, 5.74) is 2.74. The van der Waals surface area contributed by atoms with E-state index in [4.69, 9.17) is 22.2 Å². The molecule has 1 atom stereocenters. The van der Waals surface area contributed by atoms with Gasteiger partial charge < -0.3 is 4.74 Å². The lowest BCUT2D eigenvalue weighted by atomic mass is 9.98. The highest BCUT2D eigenvalue weighted by Gasteiger charge is 2.22. The summed E-state index contributed by atoms with van der Waals surface area (Å²) >= 11 is 8.98. The fourth-order valence-electron chi connectivity index (χ4n) is 1.98. The number of halogens is 4. The minimum absolute atomic E-state index is 0.0818. The summed E-state index contributed by atoms with van der Waals surface area (Å²) in [5, 5.41) is -0.0818. The minimum atomic E-state index is -0.874. The molecule has 2 aromatic rings. The first-order valence-electron chi connectivity index (χ1n) is 5.92. The third-order valence-corrected chi connectivity index (χ3v) is 4.32. The number of hydrogen-bond acceptors (Lipinski definition) is 3. The highest BCUT2D eigenvalue weighted by Crippen LogP contribution is 2.34. The van der Waals surface area contributed by atoms with E-state index in [0.717, 1.165) is 0 Å². The Hall–Kier alpha value is -1.21. The molecular weight excluding hydrogens is 366 g/mol. The van der Waals surface area contributed by atoms with E-state index in [1.807, 2.05) is 0 Å². The van der Waals surface area contributed by atoms with Gasteiger partial charge in [0.05, 0.1) is 18.2 Å². The van der Waals surface area contributed by atoms with Crippen LogP contribution in [0.1, 0.15) is 17.2 Å². The number of hydrogen-bond donors (Lipinski definition) is 2. The Morgan fingerprint density at radius 3 is 2.48 bits per heavy atom. The van der Waals surface area contributed by atoms with Crippen LogP contribution in [0, 0.1) is 11.6 Å². The van der Waals surface area contributed by atoms with E-state index < -0.39 is 17.7 Å². The van der Waals surface area contributed by atoms with Crippen LogP contribution in [-0.4, -0.2) is 7.11 Å². The predicted molar refractivity (Wildman–Crippen MR) is 81.2 cm³/mol. The van der Waals surface area contributed by atoms with Crippen LogP contribution < -0.4 is 16.0 Å². The van der Waals surface area contributed by atoms with Crippen molar-refractivity contribution in [1.29, 1.82) is 0 Å². The summed E-state index contributed by atoms with van der Waals surface area (Å²) in [6.07, 6.45) is 0. The second-order valence-electron chi connectivity index (χ2n) is 4.25. The van der Waals surface area contributed by atoms with E-state index in [0.29, 0.717) is 10.2 Å². The largest absolute Gasteiger partial charge is 0.497 e. The average Bonchev–Trinajstić information content (AvgIpc) is 2.49. The molecule has 2 rings (SSSR count). The van der Waals surface area contributed by atoms with Crippen molar-refractivity contribution in [3.63, 3.8) is 0 Å². The van der Waals surface area contributed by atoms with Gasteiger partial charge in [-0.15, -0.1) is 0 Å². The van der Waals surface area contributed by atoms with Crippen LogP contribution in [0.2, 0.25) is 5.02 Å². The first kappa shape index (κ1) is 16.2. The van der Waals surface area contributed by atoms with Gasteiger partial charge in [0.1, 0.15) is 17.4 Å². The van der Waals surface area contributed by atoms with Gasteiger partial charge in [0.25, 0.3) is 0 Å². The predicted octanol–water partition coefficient (Wildman–Crippen LogP) is 3.94. The Labute approximate surface area is 134 Å². The van der Waals surface area contributed by atoms with Gasteiger partial charge in [0.15, 0.2) is 0 Å². The van der Waals surface area contributed by atoms with E-state index >= 15 is 0 Å². The maximum Gasteiger partial charge on any atom is 0.148 e. The molecule has 0 fully saturated rings. The Balaban J connectivity index is 2.52. The maximum absolute atomic E-state index is 14.3. The van der Waals surface area contributed by atoms with Crippen molar-refractivity contribution in [3.05, 3.63) is 62.6 Å². The Kier molecular flexibility index (Phi) is 5.16. The quantitative estimate of drug-likeness (QED) is 0.482. The van der Waals surface area contributed by atoms with Gasteiger partial charge in [0.2, 0.25) is 0 Å². The van der Waals surface area contributed by atoms with Gasteiger partial charge in [-0.3, -0.25) is 5.84 Å². The number of rotatable bonds is 4. The molecule has 0 aliphatic heterocycles. The van der Waals surface area contributed by atoms with Crippen molar-refractivity contribution in [2.24, 2.45) is 5.84 Å². The van der Waals surface area contributed by atoms with Gasteiger partial charge in [0, 0.05) is 21.7 Å². The van der Waals surface area contributed by atoms with Crippen molar-refractivity contribution in [2.75, 3.05) is 7.11 Å². The lowest BCUT2D eigenvalue weighted by Gasteiger charge is -2.19. The summed E-state index contributed by atoms with van der Waals surface area (Å²) in [6.45, 7) is 0. The monoisotopic (exact) mass is 376 g/mol. The Morgan fingerprint density at radius 2 is 1.90 bits per heavy atom. The zero-order valence-electron chi connectivity index (χ0n) is 11.0. The van der Waals surface area contributed by atoms with Crippen LogP contribution in [0.4, 0.5) is 8.78 Å². The molecule has 0 aliphatic carbocycles. The fourth-order valence-corrected chi connectivity index (χ4v) is 2.46. The minimum Gasteiger partial charge on any atom is -0.497 e. The van der Waals surface area contributed by atoms with E-state index in [-0.39, 0.29) is 16.1 Å². The van der Waals surface area contributed by atoms with E-state index in [1.54, 1.807) is 12.1 Å². The summed E-state index contributed by atoms with van der Waals surface area (Å²) in [6, 6.07) is 6.45. The van der Waals surface area contributed by atoms with E-state index in [2.05, 4.69) is 21.4 Å².